The highest BCUT2D eigenvalue weighted by molar-refractivity contribution is 6.75. The van der Waals surface area contributed by atoms with Crippen molar-refractivity contribution < 1.29 is 13.3 Å². The Hall–Kier alpha value is -4.20. The van der Waals surface area contributed by atoms with Gasteiger partial charge in [-0.1, -0.05) is 65.7 Å². The van der Waals surface area contributed by atoms with Crippen LogP contribution >= 0.6 is 0 Å². The molecule has 5 nitrogen and oxygen atoms in total. The van der Waals surface area contributed by atoms with Crippen LogP contribution in [-0.2, 0) is 13.3 Å². The lowest BCUT2D eigenvalue weighted by Gasteiger charge is -2.30. The van der Waals surface area contributed by atoms with Crippen LogP contribution in [0, 0.1) is 13.8 Å². The Balaban J connectivity index is 1.55. The number of aryl methyl sites for hydroxylation is 2. The molecule has 0 amide bonds. The van der Waals surface area contributed by atoms with Crippen LogP contribution in [0.25, 0.3) is 0 Å². The van der Waals surface area contributed by atoms with Crippen molar-refractivity contribution in [3.05, 3.63) is 139 Å². The first-order valence-electron chi connectivity index (χ1n) is 15.4. The van der Waals surface area contributed by atoms with Gasteiger partial charge < -0.3 is 23.1 Å². The van der Waals surface area contributed by atoms with Crippen molar-refractivity contribution in [2.24, 2.45) is 0 Å². The van der Waals surface area contributed by atoms with Crippen molar-refractivity contribution in [3.63, 3.8) is 0 Å². The van der Waals surface area contributed by atoms with Crippen molar-refractivity contribution in [1.82, 2.24) is 0 Å². The minimum absolute atomic E-state index is 0.526. The molecule has 0 heterocycles. The normalized spacial score (nSPS) is 11.4. The zero-order valence-corrected chi connectivity index (χ0v) is 27.4. The Bertz CT molecular complexity index is 1570. The summed E-state index contributed by atoms with van der Waals surface area (Å²) < 4.78 is 18.5. The van der Waals surface area contributed by atoms with Gasteiger partial charge in [-0.05, 0) is 107 Å². The van der Waals surface area contributed by atoms with Gasteiger partial charge in [-0.3, -0.25) is 0 Å². The van der Waals surface area contributed by atoms with E-state index in [0.717, 1.165) is 39.3 Å². The summed E-state index contributed by atoms with van der Waals surface area (Å²) in [4.78, 5) is 4.56. The molecular formula is C38H42N2O3Si. The number of anilines is 6. The van der Waals surface area contributed by atoms with Gasteiger partial charge in [-0.15, -0.1) is 0 Å². The van der Waals surface area contributed by atoms with E-state index < -0.39 is 8.80 Å². The molecule has 0 fully saturated rings. The predicted molar refractivity (Wildman–Crippen MR) is 186 cm³/mol. The van der Waals surface area contributed by atoms with E-state index in [1.165, 1.54) is 11.1 Å². The average Bonchev–Trinajstić information content (AvgIpc) is 3.05. The van der Waals surface area contributed by atoms with Gasteiger partial charge in [0, 0.05) is 59.1 Å². The number of hydrogen-bond acceptors (Lipinski definition) is 5. The lowest BCUT2D eigenvalue weighted by Crippen LogP contribution is -2.56. The molecule has 0 bridgehead atoms. The van der Waals surface area contributed by atoms with Crippen molar-refractivity contribution >= 4 is 48.1 Å². The fraction of sp³-hybridized carbons (Fsp3) is 0.211. The van der Waals surface area contributed by atoms with Crippen LogP contribution in [0.2, 0.25) is 0 Å². The summed E-state index contributed by atoms with van der Waals surface area (Å²) >= 11 is 0. The minimum atomic E-state index is -3.01. The van der Waals surface area contributed by atoms with E-state index in [-0.39, 0.29) is 0 Å². The Kier molecular flexibility index (Phi) is 10.3. The lowest BCUT2D eigenvalue weighted by atomic mass is 10.1. The number of rotatable bonds is 13. The summed E-state index contributed by atoms with van der Waals surface area (Å²) in [7, 11) is -3.01. The van der Waals surface area contributed by atoms with E-state index in [2.05, 4.69) is 145 Å². The van der Waals surface area contributed by atoms with Gasteiger partial charge in [0.2, 0.25) is 0 Å². The molecule has 5 aromatic carbocycles. The monoisotopic (exact) mass is 602 g/mol. The van der Waals surface area contributed by atoms with Crippen LogP contribution in [0.15, 0.2) is 127 Å². The average molecular weight is 603 g/mol. The van der Waals surface area contributed by atoms with E-state index in [0.29, 0.717) is 19.8 Å². The molecule has 0 radical (unpaired) electrons. The van der Waals surface area contributed by atoms with Gasteiger partial charge in [-0.25, -0.2) is 0 Å². The highest BCUT2D eigenvalue weighted by atomic mass is 28.4. The number of para-hydroxylation sites is 1. The third-order valence-electron chi connectivity index (χ3n) is 7.45. The van der Waals surface area contributed by atoms with Gasteiger partial charge in [-0.2, -0.15) is 0 Å². The summed E-state index contributed by atoms with van der Waals surface area (Å²) in [6, 6.07) is 45.0. The van der Waals surface area contributed by atoms with Crippen LogP contribution in [0.1, 0.15) is 31.9 Å². The summed E-state index contributed by atoms with van der Waals surface area (Å²) in [5.41, 5.74) is 8.95. The van der Waals surface area contributed by atoms with Crippen molar-refractivity contribution in [3.8, 4) is 0 Å². The topological polar surface area (TPSA) is 34.2 Å². The zero-order valence-electron chi connectivity index (χ0n) is 26.4. The first kappa shape index (κ1) is 31.2. The third kappa shape index (κ3) is 6.95. The van der Waals surface area contributed by atoms with Gasteiger partial charge >= 0.3 is 8.80 Å². The highest BCUT2D eigenvalue weighted by Crippen LogP contribution is 2.39. The van der Waals surface area contributed by atoms with Crippen LogP contribution in [0.4, 0.5) is 34.1 Å². The highest BCUT2D eigenvalue weighted by Gasteiger charge is 2.43. The second-order valence-electron chi connectivity index (χ2n) is 10.6. The maximum Gasteiger partial charge on any atom is 0.537 e. The molecule has 0 atom stereocenters. The number of hydrogen-bond donors (Lipinski definition) is 0. The zero-order chi connectivity index (χ0) is 30.9. The summed E-state index contributed by atoms with van der Waals surface area (Å²) in [6.07, 6.45) is 0. The smallest absolute Gasteiger partial charge is 0.370 e. The first-order valence-corrected chi connectivity index (χ1v) is 17.1. The van der Waals surface area contributed by atoms with Gasteiger partial charge in [0.25, 0.3) is 0 Å². The molecule has 44 heavy (non-hydrogen) atoms. The first-order chi connectivity index (χ1) is 21.5. The Labute approximate surface area is 263 Å². The quantitative estimate of drug-likeness (QED) is 0.125. The Morgan fingerprint density at radius 3 is 1.05 bits per heavy atom. The summed E-state index contributed by atoms with van der Waals surface area (Å²) in [6.45, 7) is 11.7. The molecule has 6 heteroatoms. The van der Waals surface area contributed by atoms with Gasteiger partial charge in [0.05, 0.1) is 0 Å². The molecule has 0 unspecified atom stereocenters. The molecule has 0 aliphatic rings. The molecule has 226 valence electrons. The minimum Gasteiger partial charge on any atom is -0.370 e. The number of benzene rings is 5. The second-order valence-corrected chi connectivity index (χ2v) is 13.2. The maximum atomic E-state index is 6.17. The summed E-state index contributed by atoms with van der Waals surface area (Å²) in [5.74, 6) is 0. The van der Waals surface area contributed by atoms with Gasteiger partial charge in [0.1, 0.15) is 0 Å². The maximum absolute atomic E-state index is 6.17. The number of nitrogens with zero attached hydrogens (tertiary/aromatic N) is 2. The van der Waals surface area contributed by atoms with Gasteiger partial charge in [0.15, 0.2) is 0 Å². The fourth-order valence-electron chi connectivity index (χ4n) is 5.37. The van der Waals surface area contributed by atoms with Crippen molar-refractivity contribution in [1.29, 1.82) is 0 Å². The molecule has 0 saturated heterocycles. The van der Waals surface area contributed by atoms with Crippen molar-refractivity contribution in [2.45, 2.75) is 34.6 Å². The third-order valence-corrected chi connectivity index (χ3v) is 10.5. The predicted octanol–water partition coefficient (Wildman–Crippen LogP) is 9.50. The van der Waals surface area contributed by atoms with Crippen LogP contribution < -0.4 is 15.0 Å². The molecule has 0 saturated carbocycles. The van der Waals surface area contributed by atoms with E-state index in [4.69, 9.17) is 13.3 Å². The van der Waals surface area contributed by atoms with Crippen LogP contribution in [-0.4, -0.2) is 28.6 Å². The molecule has 0 spiro atoms. The Morgan fingerprint density at radius 2 is 0.705 bits per heavy atom. The summed E-state index contributed by atoms with van der Waals surface area (Å²) in [5, 5.41) is 0.961. The molecular weight excluding hydrogens is 561 g/mol. The van der Waals surface area contributed by atoms with Crippen LogP contribution in [0.5, 0.6) is 0 Å². The van der Waals surface area contributed by atoms with E-state index in [9.17, 15) is 0 Å². The standard InChI is InChI=1S/C38H42N2O3Si/c1-6-41-44(42-7-2,43-8-3)38-28-26-37(27-29-38)40(34-20-16-31(5)17-21-34)36-24-22-35(23-25-36)39(32-12-10-9-11-13-32)33-18-14-30(4)15-19-33/h9-29H,6-8H2,1-5H3. The molecule has 0 N–H and O–H groups in total. The molecule has 0 aliphatic carbocycles. The second kappa shape index (κ2) is 14.5. The van der Waals surface area contributed by atoms with E-state index in [1.807, 2.05) is 26.8 Å². The molecule has 0 aromatic heterocycles. The largest absolute Gasteiger partial charge is 0.537 e. The van der Waals surface area contributed by atoms with Crippen LogP contribution in [0.3, 0.4) is 0 Å². The van der Waals surface area contributed by atoms with E-state index in [1.54, 1.807) is 0 Å². The molecule has 5 rings (SSSR count). The van der Waals surface area contributed by atoms with Crippen molar-refractivity contribution in [2.75, 3.05) is 29.6 Å². The van der Waals surface area contributed by atoms with E-state index >= 15 is 0 Å². The SMILES string of the molecule is CCO[Si](OCC)(OCC)c1ccc(N(c2ccc(C)cc2)c2ccc(N(c3ccccc3)c3ccc(C)cc3)cc2)cc1. The fourth-order valence-corrected chi connectivity index (χ4v) is 7.83. The molecule has 0 aliphatic heterocycles. The lowest BCUT2D eigenvalue weighted by molar-refractivity contribution is 0.0859. The Morgan fingerprint density at radius 1 is 0.409 bits per heavy atom. The molecule has 5 aromatic rings.